The molecule has 3 N–H and O–H groups in total. The van der Waals surface area contributed by atoms with Crippen molar-refractivity contribution in [2.45, 2.75) is 25.9 Å². The second-order valence-electron chi connectivity index (χ2n) is 3.08. The van der Waals surface area contributed by atoms with Gasteiger partial charge < -0.3 is 15.7 Å². The Morgan fingerprint density at radius 3 is 2.50 bits per heavy atom. The van der Waals surface area contributed by atoms with Gasteiger partial charge in [0.2, 0.25) is 5.91 Å². The van der Waals surface area contributed by atoms with Gasteiger partial charge in [0.15, 0.2) is 0 Å². The third-order valence-electron chi connectivity index (χ3n) is 2.25. The van der Waals surface area contributed by atoms with Crippen molar-refractivity contribution in [2.24, 2.45) is 5.92 Å². The van der Waals surface area contributed by atoms with Crippen molar-refractivity contribution >= 4 is 12.0 Å². The molecule has 1 rings (SSSR count). The molecule has 2 amide bonds. The lowest BCUT2D eigenvalue weighted by atomic mass is 10.0. The summed E-state index contributed by atoms with van der Waals surface area (Å²) in [5.41, 5.74) is 0. The molecule has 0 radical (unpaired) electrons. The maximum atomic E-state index is 11.1. The summed E-state index contributed by atoms with van der Waals surface area (Å²) in [6.45, 7) is 3.69. The topological polar surface area (TPSA) is 78.4 Å². The number of nitrogens with one attached hydrogen (secondary N) is 2. The molecule has 0 saturated carbocycles. The first kappa shape index (κ1) is 8.83. The van der Waals surface area contributed by atoms with E-state index < -0.39 is 12.1 Å². The molecule has 0 aliphatic carbocycles. The highest BCUT2D eigenvalue weighted by molar-refractivity contribution is 5.87. The van der Waals surface area contributed by atoms with Gasteiger partial charge >= 0.3 is 6.09 Å². The molecule has 12 heavy (non-hydrogen) atoms. The predicted molar refractivity (Wildman–Crippen MR) is 41.7 cm³/mol. The van der Waals surface area contributed by atoms with Gasteiger partial charge in [0, 0.05) is 12.0 Å². The van der Waals surface area contributed by atoms with E-state index >= 15 is 0 Å². The Morgan fingerprint density at radius 2 is 2.17 bits per heavy atom. The third-order valence-corrected chi connectivity index (χ3v) is 2.25. The molecule has 0 spiro atoms. The first-order valence-corrected chi connectivity index (χ1v) is 3.82. The second-order valence-corrected chi connectivity index (χ2v) is 3.08. The van der Waals surface area contributed by atoms with Crippen LogP contribution in [-0.4, -0.2) is 29.2 Å². The molecule has 0 unspecified atom stereocenters. The Morgan fingerprint density at radius 1 is 1.58 bits per heavy atom. The van der Waals surface area contributed by atoms with E-state index in [-0.39, 0.29) is 17.9 Å². The minimum absolute atomic E-state index is 0.00796. The molecule has 1 heterocycles. The number of carbonyl (C=O) groups is 2. The van der Waals surface area contributed by atoms with Crippen LogP contribution in [0.3, 0.4) is 0 Å². The molecule has 1 fully saturated rings. The summed E-state index contributed by atoms with van der Waals surface area (Å²) in [6, 6.07) is -0.563. The van der Waals surface area contributed by atoms with E-state index in [9.17, 15) is 9.59 Å². The smallest absolute Gasteiger partial charge is 0.405 e. The summed E-state index contributed by atoms with van der Waals surface area (Å²) in [6.07, 6.45) is -1.16. The molecule has 68 valence electrons. The predicted octanol–water partition coefficient (Wildman–Crippen LogP) is -0.223. The number of carbonyl (C=O) groups excluding carboxylic acids is 1. The van der Waals surface area contributed by atoms with Gasteiger partial charge in [-0.3, -0.25) is 4.79 Å². The van der Waals surface area contributed by atoms with E-state index in [2.05, 4.69) is 10.6 Å². The molecule has 0 aromatic heterocycles. The van der Waals surface area contributed by atoms with E-state index in [1.165, 1.54) is 0 Å². The first-order valence-electron chi connectivity index (χ1n) is 3.82. The van der Waals surface area contributed by atoms with Gasteiger partial charge in [-0.2, -0.15) is 0 Å². The number of rotatable bonds is 1. The quantitative estimate of drug-likeness (QED) is 0.511. The zero-order valence-corrected chi connectivity index (χ0v) is 7.00. The lowest BCUT2D eigenvalue weighted by Gasteiger charge is -2.13. The van der Waals surface area contributed by atoms with Crippen molar-refractivity contribution in [1.82, 2.24) is 10.6 Å². The van der Waals surface area contributed by atoms with Crippen molar-refractivity contribution in [3.63, 3.8) is 0 Å². The molecule has 0 bridgehead atoms. The second kappa shape index (κ2) is 3.00. The lowest BCUT2D eigenvalue weighted by Crippen LogP contribution is -2.42. The molecule has 5 nitrogen and oxygen atoms in total. The van der Waals surface area contributed by atoms with Crippen LogP contribution in [-0.2, 0) is 4.79 Å². The minimum Gasteiger partial charge on any atom is -0.465 e. The average Bonchev–Trinajstić information content (AvgIpc) is 2.16. The van der Waals surface area contributed by atoms with Crippen LogP contribution >= 0.6 is 0 Å². The summed E-state index contributed by atoms with van der Waals surface area (Å²) >= 11 is 0. The average molecular weight is 172 g/mol. The van der Waals surface area contributed by atoms with Crippen molar-refractivity contribution in [1.29, 1.82) is 0 Å². The van der Waals surface area contributed by atoms with Crippen LogP contribution in [0.1, 0.15) is 13.8 Å². The van der Waals surface area contributed by atoms with Gasteiger partial charge in [0.1, 0.15) is 6.04 Å². The third kappa shape index (κ3) is 1.49. The van der Waals surface area contributed by atoms with E-state index in [0.29, 0.717) is 0 Å². The van der Waals surface area contributed by atoms with Crippen LogP contribution in [0.15, 0.2) is 0 Å². The molecule has 3 atom stereocenters. The van der Waals surface area contributed by atoms with E-state index in [1.807, 2.05) is 13.8 Å². The molecule has 0 aromatic rings. The van der Waals surface area contributed by atoms with Crippen LogP contribution in [0.2, 0.25) is 0 Å². The fraction of sp³-hybridized carbons (Fsp3) is 0.714. The number of carboxylic acid groups (broad SMARTS) is 1. The Bertz CT molecular complexity index is 217. The summed E-state index contributed by atoms with van der Waals surface area (Å²) in [5, 5.41) is 13.2. The maximum Gasteiger partial charge on any atom is 0.405 e. The molecular weight excluding hydrogens is 160 g/mol. The molecule has 1 aliphatic heterocycles. The fourth-order valence-corrected chi connectivity index (χ4v) is 1.30. The summed E-state index contributed by atoms with van der Waals surface area (Å²) < 4.78 is 0. The largest absolute Gasteiger partial charge is 0.465 e. The zero-order valence-electron chi connectivity index (χ0n) is 7.00. The van der Waals surface area contributed by atoms with Crippen molar-refractivity contribution in [3.05, 3.63) is 0 Å². The van der Waals surface area contributed by atoms with Gasteiger partial charge in [-0.15, -0.1) is 0 Å². The Hall–Kier alpha value is -1.26. The summed E-state index contributed by atoms with van der Waals surface area (Å²) in [5.74, 6) is -0.231. The molecule has 5 heteroatoms. The normalized spacial score (nSPS) is 34.5. The van der Waals surface area contributed by atoms with E-state index in [1.54, 1.807) is 0 Å². The Balaban J connectivity index is 2.63. The molecular formula is C7H12N2O3. The van der Waals surface area contributed by atoms with E-state index in [0.717, 1.165) is 0 Å². The van der Waals surface area contributed by atoms with Gasteiger partial charge in [-0.05, 0) is 6.92 Å². The Labute approximate surface area is 70.1 Å². The van der Waals surface area contributed by atoms with Crippen LogP contribution < -0.4 is 10.6 Å². The summed E-state index contributed by atoms with van der Waals surface area (Å²) in [7, 11) is 0. The van der Waals surface area contributed by atoms with Crippen molar-refractivity contribution in [3.8, 4) is 0 Å². The van der Waals surface area contributed by atoms with Crippen LogP contribution in [0.4, 0.5) is 4.79 Å². The van der Waals surface area contributed by atoms with Crippen LogP contribution in [0.5, 0.6) is 0 Å². The van der Waals surface area contributed by atoms with Crippen molar-refractivity contribution < 1.29 is 14.7 Å². The summed E-state index contributed by atoms with van der Waals surface area (Å²) in [4.78, 5) is 21.4. The number of hydrogen-bond acceptors (Lipinski definition) is 2. The minimum atomic E-state index is -1.16. The van der Waals surface area contributed by atoms with E-state index in [4.69, 9.17) is 5.11 Å². The fourth-order valence-electron chi connectivity index (χ4n) is 1.30. The van der Waals surface area contributed by atoms with Gasteiger partial charge in [0.25, 0.3) is 0 Å². The number of amides is 2. The monoisotopic (exact) mass is 172 g/mol. The zero-order chi connectivity index (χ0) is 9.30. The maximum absolute atomic E-state index is 11.1. The molecule has 0 aromatic carbocycles. The molecule has 1 saturated heterocycles. The van der Waals surface area contributed by atoms with Crippen LogP contribution in [0.25, 0.3) is 0 Å². The van der Waals surface area contributed by atoms with Gasteiger partial charge in [0.05, 0.1) is 0 Å². The first-order chi connectivity index (χ1) is 5.52. The highest BCUT2D eigenvalue weighted by Gasteiger charge is 2.37. The van der Waals surface area contributed by atoms with Crippen LogP contribution in [0, 0.1) is 5.92 Å². The molecule has 1 aliphatic rings. The highest BCUT2D eigenvalue weighted by atomic mass is 16.4. The van der Waals surface area contributed by atoms with Gasteiger partial charge in [-0.25, -0.2) is 4.79 Å². The van der Waals surface area contributed by atoms with Crippen molar-refractivity contribution in [2.75, 3.05) is 0 Å². The number of hydrogen-bond donors (Lipinski definition) is 3. The Kier molecular flexibility index (Phi) is 2.21. The lowest BCUT2D eigenvalue weighted by molar-refractivity contribution is -0.121. The van der Waals surface area contributed by atoms with Gasteiger partial charge in [-0.1, -0.05) is 6.92 Å². The standard InChI is InChI=1S/C7H12N2O3/c1-3-4(2)8-6(10)5(3)9-7(11)12/h3-5,9H,1-2H3,(H,8,10)(H,11,12)/t3-,4-,5+/m1/s1. The highest BCUT2D eigenvalue weighted by Crippen LogP contribution is 2.15. The SMILES string of the molecule is C[C@H]1[C@H](NC(=O)O)C(=O)N[C@@H]1C.